The number of amides is 1. The molecular formula is C21H27N3O4. The Labute approximate surface area is 165 Å². The molecule has 2 atom stereocenters. The monoisotopic (exact) mass is 385 g/mol. The van der Waals surface area contributed by atoms with Crippen LogP contribution in [0.5, 0.6) is 5.88 Å². The van der Waals surface area contributed by atoms with E-state index in [9.17, 15) is 4.79 Å². The lowest BCUT2D eigenvalue weighted by Gasteiger charge is -2.29. The van der Waals surface area contributed by atoms with E-state index in [1.807, 2.05) is 45.1 Å². The molecule has 7 heteroatoms. The van der Waals surface area contributed by atoms with Crippen LogP contribution in [0.1, 0.15) is 39.2 Å². The molecule has 7 nitrogen and oxygen atoms in total. The zero-order chi connectivity index (χ0) is 20.1. The summed E-state index contributed by atoms with van der Waals surface area (Å²) in [6.45, 7) is 5.99. The largest absolute Gasteiger partial charge is 0.481 e. The summed E-state index contributed by atoms with van der Waals surface area (Å²) >= 11 is 0. The Morgan fingerprint density at radius 3 is 2.79 bits per heavy atom. The molecule has 1 N–H and O–H groups in total. The molecule has 0 aromatic carbocycles. The molecule has 3 rings (SSSR count). The van der Waals surface area contributed by atoms with Gasteiger partial charge in [-0.1, -0.05) is 12.2 Å². The topological polar surface area (TPSA) is 82.6 Å². The lowest BCUT2D eigenvalue weighted by Crippen LogP contribution is -2.44. The summed E-state index contributed by atoms with van der Waals surface area (Å²) in [7, 11) is 1.59. The number of alkyl carbamates (subject to hydrolysis) is 1. The summed E-state index contributed by atoms with van der Waals surface area (Å²) in [5.74, 6) is 0.556. The Balaban J connectivity index is 1.58. The smallest absolute Gasteiger partial charge is 0.407 e. The van der Waals surface area contributed by atoms with E-state index in [0.717, 1.165) is 29.4 Å². The average molecular weight is 385 g/mol. The molecule has 1 aliphatic heterocycles. The van der Waals surface area contributed by atoms with E-state index in [1.54, 1.807) is 19.4 Å². The van der Waals surface area contributed by atoms with Crippen LogP contribution in [0.3, 0.4) is 0 Å². The van der Waals surface area contributed by atoms with Gasteiger partial charge in [-0.3, -0.25) is 4.98 Å². The third kappa shape index (κ3) is 5.42. The number of carbonyl (C=O) groups is 1. The van der Waals surface area contributed by atoms with Crippen molar-refractivity contribution in [2.75, 3.05) is 13.7 Å². The number of pyridine rings is 2. The van der Waals surface area contributed by atoms with Crippen LogP contribution in [0.25, 0.3) is 17.1 Å². The fourth-order valence-corrected chi connectivity index (χ4v) is 3.00. The molecule has 0 spiro atoms. The van der Waals surface area contributed by atoms with Crippen LogP contribution in [-0.2, 0) is 9.47 Å². The van der Waals surface area contributed by atoms with E-state index >= 15 is 0 Å². The molecule has 0 saturated carbocycles. The second kappa shape index (κ2) is 8.56. The molecule has 3 heterocycles. The predicted molar refractivity (Wildman–Crippen MR) is 107 cm³/mol. The first-order chi connectivity index (χ1) is 13.3. The second-order valence-corrected chi connectivity index (χ2v) is 7.77. The van der Waals surface area contributed by atoms with Crippen molar-refractivity contribution < 1.29 is 19.0 Å². The van der Waals surface area contributed by atoms with Crippen molar-refractivity contribution in [1.29, 1.82) is 0 Å². The van der Waals surface area contributed by atoms with Crippen molar-refractivity contribution in [2.45, 2.75) is 51.4 Å². The minimum Gasteiger partial charge on any atom is -0.481 e. The van der Waals surface area contributed by atoms with E-state index < -0.39 is 11.7 Å². The van der Waals surface area contributed by atoms with Gasteiger partial charge in [0, 0.05) is 17.8 Å². The van der Waals surface area contributed by atoms with Gasteiger partial charge in [0.1, 0.15) is 5.60 Å². The molecule has 1 aliphatic rings. The zero-order valence-electron chi connectivity index (χ0n) is 16.8. The van der Waals surface area contributed by atoms with E-state index in [1.165, 1.54) is 0 Å². The maximum Gasteiger partial charge on any atom is 0.407 e. The predicted octanol–water partition coefficient (Wildman–Crippen LogP) is 3.72. The van der Waals surface area contributed by atoms with E-state index in [0.29, 0.717) is 12.5 Å². The normalized spacial score (nSPS) is 20.3. The third-order valence-electron chi connectivity index (χ3n) is 4.32. The first kappa shape index (κ1) is 20.1. The van der Waals surface area contributed by atoms with Crippen LogP contribution in [0.2, 0.25) is 0 Å². The highest BCUT2D eigenvalue weighted by molar-refractivity contribution is 5.84. The lowest BCUT2D eigenvalue weighted by molar-refractivity contribution is 0.0136. The van der Waals surface area contributed by atoms with Crippen LogP contribution < -0.4 is 10.1 Å². The molecule has 1 amide bonds. The van der Waals surface area contributed by atoms with Gasteiger partial charge >= 0.3 is 6.09 Å². The second-order valence-electron chi connectivity index (χ2n) is 7.77. The number of hydrogen-bond donors (Lipinski definition) is 1. The molecular weight excluding hydrogens is 358 g/mol. The maximum absolute atomic E-state index is 11.9. The highest BCUT2D eigenvalue weighted by atomic mass is 16.6. The van der Waals surface area contributed by atoms with Gasteiger partial charge in [-0.05, 0) is 45.7 Å². The molecule has 2 unspecified atom stereocenters. The minimum atomic E-state index is -0.505. The van der Waals surface area contributed by atoms with Crippen LogP contribution in [0, 0.1) is 0 Å². The van der Waals surface area contributed by atoms with Crippen molar-refractivity contribution in [3.8, 4) is 5.88 Å². The number of aromatic nitrogens is 2. The quantitative estimate of drug-likeness (QED) is 0.864. The van der Waals surface area contributed by atoms with Crippen molar-refractivity contribution in [3.63, 3.8) is 0 Å². The van der Waals surface area contributed by atoms with Crippen LogP contribution >= 0.6 is 0 Å². The highest BCUT2D eigenvalue weighted by Crippen LogP contribution is 2.21. The van der Waals surface area contributed by atoms with Crippen molar-refractivity contribution in [1.82, 2.24) is 15.3 Å². The van der Waals surface area contributed by atoms with Crippen molar-refractivity contribution in [3.05, 3.63) is 36.0 Å². The molecule has 0 aliphatic carbocycles. The number of nitrogens with zero attached hydrogens (tertiary/aromatic N) is 2. The summed E-state index contributed by atoms with van der Waals surface area (Å²) in [5.41, 5.74) is 2.06. The number of rotatable bonds is 4. The Morgan fingerprint density at radius 1 is 1.29 bits per heavy atom. The molecule has 2 aromatic rings. The van der Waals surface area contributed by atoms with Crippen LogP contribution in [-0.4, -0.2) is 47.5 Å². The Bertz CT molecular complexity index is 852. The molecule has 1 saturated heterocycles. The fraction of sp³-hybridized carbons (Fsp3) is 0.476. The summed E-state index contributed by atoms with van der Waals surface area (Å²) in [4.78, 5) is 20.7. The summed E-state index contributed by atoms with van der Waals surface area (Å²) in [5, 5.41) is 2.86. The van der Waals surface area contributed by atoms with Crippen LogP contribution in [0.4, 0.5) is 4.79 Å². The van der Waals surface area contributed by atoms with Gasteiger partial charge < -0.3 is 19.5 Å². The molecule has 0 radical (unpaired) electrons. The fourth-order valence-electron chi connectivity index (χ4n) is 3.00. The Kier molecular flexibility index (Phi) is 6.14. The molecule has 150 valence electrons. The van der Waals surface area contributed by atoms with Gasteiger partial charge in [-0.25, -0.2) is 9.78 Å². The van der Waals surface area contributed by atoms with Crippen molar-refractivity contribution >= 4 is 23.2 Å². The first-order valence-corrected chi connectivity index (χ1v) is 9.43. The van der Waals surface area contributed by atoms with Crippen LogP contribution in [0.15, 0.2) is 30.5 Å². The van der Waals surface area contributed by atoms with Gasteiger partial charge in [0.05, 0.1) is 36.9 Å². The summed E-state index contributed by atoms with van der Waals surface area (Å²) < 4.78 is 16.4. The van der Waals surface area contributed by atoms with Gasteiger partial charge in [0.25, 0.3) is 0 Å². The third-order valence-corrected chi connectivity index (χ3v) is 4.32. The number of fused-ring (bicyclic) bond motifs is 1. The molecule has 0 bridgehead atoms. The number of ether oxygens (including phenoxy) is 3. The Morgan fingerprint density at radius 2 is 2.11 bits per heavy atom. The average Bonchev–Trinajstić information content (AvgIpc) is 2.65. The van der Waals surface area contributed by atoms with Gasteiger partial charge in [0.15, 0.2) is 0 Å². The molecule has 1 fully saturated rings. The maximum atomic E-state index is 11.9. The minimum absolute atomic E-state index is 0.00879. The number of nitrogens with one attached hydrogen (secondary N) is 1. The van der Waals surface area contributed by atoms with E-state index in [2.05, 4.69) is 15.3 Å². The molecule has 2 aromatic heterocycles. The molecule has 28 heavy (non-hydrogen) atoms. The summed E-state index contributed by atoms with van der Waals surface area (Å²) in [6.07, 6.45) is 7.03. The number of methoxy groups -OCH3 is 1. The van der Waals surface area contributed by atoms with Gasteiger partial charge in [0.2, 0.25) is 5.88 Å². The first-order valence-electron chi connectivity index (χ1n) is 9.43. The highest BCUT2D eigenvalue weighted by Gasteiger charge is 2.24. The van der Waals surface area contributed by atoms with E-state index in [-0.39, 0.29) is 12.1 Å². The van der Waals surface area contributed by atoms with E-state index in [4.69, 9.17) is 14.2 Å². The van der Waals surface area contributed by atoms with Gasteiger partial charge in [-0.15, -0.1) is 0 Å². The Hall–Kier alpha value is -2.67. The summed E-state index contributed by atoms with van der Waals surface area (Å²) in [6, 6.07) is 5.57. The standard InChI is InChI=1S/C21H27N3O4/c1-21(2,3)28-20(25)23-15-6-8-16(27-13-15)7-5-14-11-12-22-17-9-10-18(26-4)24-19(14)17/h5,7,9-12,15-16H,6,8,13H2,1-4H3,(H,23,25). The lowest BCUT2D eigenvalue weighted by atomic mass is 10.0. The van der Waals surface area contributed by atoms with Gasteiger partial charge in [-0.2, -0.15) is 0 Å². The SMILES string of the molecule is COc1ccc2nccc(C=CC3CCC(NC(=O)OC(C)(C)C)CO3)c2n1. The number of hydrogen-bond acceptors (Lipinski definition) is 6. The zero-order valence-corrected chi connectivity index (χ0v) is 16.8. The number of carbonyl (C=O) groups excluding carboxylic acids is 1. The van der Waals surface area contributed by atoms with Crippen molar-refractivity contribution in [2.24, 2.45) is 0 Å².